The Balaban J connectivity index is 2.15. The highest BCUT2D eigenvalue weighted by molar-refractivity contribution is 7.98. The lowest BCUT2D eigenvalue weighted by Gasteiger charge is -2.28. The van der Waals surface area contributed by atoms with Gasteiger partial charge in [-0.25, -0.2) is 0 Å². The largest absolute Gasteiger partial charge is 0.354 e. The van der Waals surface area contributed by atoms with E-state index in [1.54, 1.807) is 11.8 Å². The van der Waals surface area contributed by atoms with Crippen molar-refractivity contribution >= 4 is 17.7 Å². The molecule has 0 unspecified atom stereocenters. The summed E-state index contributed by atoms with van der Waals surface area (Å²) in [6, 6.07) is -0.329. The van der Waals surface area contributed by atoms with E-state index < -0.39 is 0 Å². The predicted octanol–water partition coefficient (Wildman–Crippen LogP) is 2.40. The van der Waals surface area contributed by atoms with Crippen molar-refractivity contribution in [1.29, 1.82) is 0 Å². The van der Waals surface area contributed by atoms with Crippen LogP contribution >= 0.6 is 11.8 Å². The molecule has 18 heavy (non-hydrogen) atoms. The molecule has 1 rings (SSSR count). The highest BCUT2D eigenvalue weighted by Gasteiger charge is 2.21. The molecular formula is C14H28N2OS. The highest BCUT2D eigenvalue weighted by Crippen LogP contribution is 2.30. The number of hydrogen-bond donors (Lipinski definition) is 2. The quantitative estimate of drug-likeness (QED) is 0.748. The molecule has 1 aliphatic carbocycles. The first kappa shape index (κ1) is 15.8. The van der Waals surface area contributed by atoms with Crippen molar-refractivity contribution in [3.8, 4) is 0 Å². The average Bonchev–Trinajstić information content (AvgIpc) is 2.42. The van der Waals surface area contributed by atoms with Gasteiger partial charge in [-0.15, -0.1) is 0 Å². The Morgan fingerprint density at radius 3 is 2.50 bits per heavy atom. The summed E-state index contributed by atoms with van der Waals surface area (Å²) >= 11 is 1.74. The Hall–Kier alpha value is -0.220. The van der Waals surface area contributed by atoms with Gasteiger partial charge in [0.15, 0.2) is 0 Å². The van der Waals surface area contributed by atoms with Crippen molar-refractivity contribution in [3.05, 3.63) is 0 Å². The number of carbonyl (C=O) groups excluding carboxylic acids is 1. The summed E-state index contributed by atoms with van der Waals surface area (Å²) in [7, 11) is 0. The Bertz CT molecular complexity index is 240. The standard InChI is InChI=1S/C14H28N2OS/c1-3-11-4-6-12(7-5-11)10-16-14(17)13(15)8-9-18-2/h11-13H,3-10,15H2,1-2H3,(H,16,17)/t11?,12?,13-/m1/s1. The number of nitrogens with two attached hydrogens (primary N) is 1. The molecule has 0 saturated heterocycles. The molecule has 1 saturated carbocycles. The summed E-state index contributed by atoms with van der Waals surface area (Å²) in [4.78, 5) is 11.8. The zero-order chi connectivity index (χ0) is 13.4. The number of hydrogen-bond acceptors (Lipinski definition) is 3. The molecule has 106 valence electrons. The second kappa shape index (κ2) is 8.81. The highest BCUT2D eigenvalue weighted by atomic mass is 32.2. The van der Waals surface area contributed by atoms with Gasteiger partial charge in [0.25, 0.3) is 0 Å². The van der Waals surface area contributed by atoms with Crippen LogP contribution in [0.3, 0.4) is 0 Å². The molecule has 0 radical (unpaired) electrons. The van der Waals surface area contributed by atoms with Gasteiger partial charge in [-0.1, -0.05) is 26.2 Å². The molecule has 1 atom stereocenters. The lowest BCUT2D eigenvalue weighted by molar-refractivity contribution is -0.122. The monoisotopic (exact) mass is 272 g/mol. The SMILES string of the molecule is CCC1CCC(CNC(=O)[C@H](N)CCSC)CC1. The zero-order valence-electron chi connectivity index (χ0n) is 11.8. The molecule has 1 aliphatic rings. The third kappa shape index (κ3) is 5.61. The minimum absolute atomic E-state index is 0.0293. The Morgan fingerprint density at radius 2 is 1.94 bits per heavy atom. The maximum atomic E-state index is 11.8. The van der Waals surface area contributed by atoms with Gasteiger partial charge in [-0.3, -0.25) is 4.79 Å². The Labute approximate surface area is 116 Å². The number of nitrogens with one attached hydrogen (secondary N) is 1. The van der Waals surface area contributed by atoms with Crippen LogP contribution in [0.25, 0.3) is 0 Å². The van der Waals surface area contributed by atoms with E-state index >= 15 is 0 Å². The van der Waals surface area contributed by atoms with Crippen molar-refractivity contribution in [1.82, 2.24) is 5.32 Å². The van der Waals surface area contributed by atoms with Gasteiger partial charge in [0.1, 0.15) is 0 Å². The molecule has 1 amide bonds. The average molecular weight is 272 g/mol. The van der Waals surface area contributed by atoms with E-state index in [1.165, 1.54) is 32.1 Å². The number of thioether (sulfide) groups is 1. The summed E-state index contributed by atoms with van der Waals surface area (Å²) < 4.78 is 0. The smallest absolute Gasteiger partial charge is 0.236 e. The van der Waals surface area contributed by atoms with E-state index in [9.17, 15) is 4.79 Å². The van der Waals surface area contributed by atoms with Gasteiger partial charge < -0.3 is 11.1 Å². The third-order valence-electron chi connectivity index (χ3n) is 4.08. The topological polar surface area (TPSA) is 55.1 Å². The van der Waals surface area contributed by atoms with Gasteiger partial charge >= 0.3 is 0 Å². The van der Waals surface area contributed by atoms with E-state index in [2.05, 4.69) is 12.2 Å². The molecule has 0 heterocycles. The van der Waals surface area contributed by atoms with Crippen LogP contribution < -0.4 is 11.1 Å². The molecule has 0 aromatic rings. The van der Waals surface area contributed by atoms with Gasteiger partial charge in [-0.05, 0) is 43.1 Å². The minimum atomic E-state index is -0.329. The first-order chi connectivity index (χ1) is 8.67. The normalized spacial score (nSPS) is 25.7. The summed E-state index contributed by atoms with van der Waals surface area (Å²) in [5.41, 5.74) is 5.84. The van der Waals surface area contributed by atoms with E-state index in [-0.39, 0.29) is 11.9 Å². The Kier molecular flexibility index (Phi) is 7.75. The van der Waals surface area contributed by atoms with E-state index in [4.69, 9.17) is 5.73 Å². The van der Waals surface area contributed by atoms with Crippen molar-refractivity contribution in [2.75, 3.05) is 18.6 Å². The fraction of sp³-hybridized carbons (Fsp3) is 0.929. The maximum absolute atomic E-state index is 11.8. The molecule has 0 aromatic carbocycles. The number of carbonyl (C=O) groups is 1. The fourth-order valence-corrected chi connectivity index (χ4v) is 3.09. The minimum Gasteiger partial charge on any atom is -0.354 e. The molecule has 0 spiro atoms. The van der Waals surface area contributed by atoms with Gasteiger partial charge in [0.05, 0.1) is 6.04 Å². The van der Waals surface area contributed by atoms with Gasteiger partial charge in [-0.2, -0.15) is 11.8 Å². The van der Waals surface area contributed by atoms with Crippen LogP contribution in [-0.2, 0) is 4.79 Å². The van der Waals surface area contributed by atoms with Crippen LogP contribution in [0.15, 0.2) is 0 Å². The molecule has 0 bridgehead atoms. The third-order valence-corrected chi connectivity index (χ3v) is 4.72. The van der Waals surface area contributed by atoms with Crippen molar-refractivity contribution in [3.63, 3.8) is 0 Å². The maximum Gasteiger partial charge on any atom is 0.236 e. The molecule has 0 aliphatic heterocycles. The lowest BCUT2D eigenvalue weighted by atomic mass is 9.81. The number of amides is 1. The van der Waals surface area contributed by atoms with Crippen LogP contribution in [0, 0.1) is 11.8 Å². The summed E-state index contributed by atoms with van der Waals surface area (Å²) in [5, 5.41) is 3.02. The van der Waals surface area contributed by atoms with Crippen molar-refractivity contribution in [2.45, 2.75) is 51.5 Å². The van der Waals surface area contributed by atoms with E-state index in [0.717, 1.165) is 24.6 Å². The van der Waals surface area contributed by atoms with Crippen LogP contribution in [0.1, 0.15) is 45.4 Å². The molecule has 4 heteroatoms. The van der Waals surface area contributed by atoms with E-state index in [1.807, 2.05) is 6.26 Å². The summed E-state index contributed by atoms with van der Waals surface area (Å²) in [5.74, 6) is 2.57. The van der Waals surface area contributed by atoms with Crippen LogP contribution in [0.4, 0.5) is 0 Å². The van der Waals surface area contributed by atoms with Crippen molar-refractivity contribution in [2.24, 2.45) is 17.6 Å². The van der Waals surface area contributed by atoms with Gasteiger partial charge in [0.2, 0.25) is 5.91 Å². The summed E-state index contributed by atoms with van der Waals surface area (Å²) in [6.07, 6.45) is 9.30. The second-order valence-electron chi connectivity index (χ2n) is 5.43. The molecular weight excluding hydrogens is 244 g/mol. The molecule has 1 fully saturated rings. The van der Waals surface area contributed by atoms with E-state index in [0.29, 0.717) is 5.92 Å². The first-order valence-corrected chi connectivity index (χ1v) is 8.59. The van der Waals surface area contributed by atoms with Crippen LogP contribution in [0.5, 0.6) is 0 Å². The molecule has 3 nitrogen and oxygen atoms in total. The zero-order valence-corrected chi connectivity index (χ0v) is 12.6. The van der Waals surface area contributed by atoms with Gasteiger partial charge in [0, 0.05) is 6.54 Å². The molecule has 0 aromatic heterocycles. The predicted molar refractivity (Wildman–Crippen MR) is 79.7 cm³/mol. The second-order valence-corrected chi connectivity index (χ2v) is 6.41. The lowest BCUT2D eigenvalue weighted by Crippen LogP contribution is -2.43. The van der Waals surface area contributed by atoms with Crippen molar-refractivity contribution < 1.29 is 4.79 Å². The Morgan fingerprint density at radius 1 is 1.33 bits per heavy atom. The van der Waals surface area contributed by atoms with Crippen LogP contribution in [-0.4, -0.2) is 30.5 Å². The first-order valence-electron chi connectivity index (χ1n) is 7.19. The summed E-state index contributed by atoms with van der Waals surface area (Å²) in [6.45, 7) is 3.10. The number of rotatable bonds is 7. The molecule has 3 N–H and O–H groups in total. The fourth-order valence-electron chi connectivity index (χ4n) is 2.60. The van der Waals surface area contributed by atoms with Crippen LogP contribution in [0.2, 0.25) is 0 Å².